The number of fused-ring (bicyclic) bond motifs is 1. The molecule has 1 fully saturated rings. The molecule has 1 aliphatic carbocycles. The first-order valence-corrected chi connectivity index (χ1v) is 10.8. The monoisotopic (exact) mass is 382 g/mol. The molecular formula is C22H22O2S2. The van der Waals surface area contributed by atoms with Crippen molar-refractivity contribution in [3.8, 4) is 10.4 Å². The van der Waals surface area contributed by atoms with Gasteiger partial charge in [-0.2, -0.15) is 0 Å². The fourth-order valence-corrected chi connectivity index (χ4v) is 6.34. The minimum atomic E-state index is -0.652. The third-order valence-electron chi connectivity index (χ3n) is 5.22. The molecule has 4 rings (SSSR count). The van der Waals surface area contributed by atoms with Gasteiger partial charge in [0.25, 0.3) is 0 Å². The van der Waals surface area contributed by atoms with Crippen LogP contribution in [0.4, 0.5) is 0 Å². The first-order valence-electron chi connectivity index (χ1n) is 9.06. The van der Waals surface area contributed by atoms with Crippen molar-refractivity contribution in [2.75, 3.05) is 0 Å². The lowest BCUT2D eigenvalue weighted by Gasteiger charge is -2.32. The van der Waals surface area contributed by atoms with E-state index in [0.717, 1.165) is 12.8 Å². The van der Waals surface area contributed by atoms with Crippen molar-refractivity contribution in [1.29, 1.82) is 0 Å². The molecule has 134 valence electrons. The molecule has 1 aliphatic rings. The Balaban J connectivity index is 1.66. The molecule has 1 N–H and O–H groups in total. The number of rotatable bonds is 5. The molecule has 2 atom stereocenters. The van der Waals surface area contributed by atoms with E-state index < -0.39 is 5.97 Å². The average Bonchev–Trinajstić information content (AvgIpc) is 3.05. The maximum absolute atomic E-state index is 11.2. The van der Waals surface area contributed by atoms with Gasteiger partial charge in [-0.25, -0.2) is 0 Å². The van der Waals surface area contributed by atoms with Gasteiger partial charge in [-0.1, -0.05) is 50.2 Å². The second-order valence-corrected chi connectivity index (χ2v) is 9.82. The van der Waals surface area contributed by atoms with Gasteiger partial charge in [-0.3, -0.25) is 4.79 Å². The Morgan fingerprint density at radius 1 is 1.08 bits per heavy atom. The summed E-state index contributed by atoms with van der Waals surface area (Å²) in [4.78, 5) is 12.5. The molecule has 0 aliphatic heterocycles. The molecule has 0 spiro atoms. The number of thiophene rings is 1. The predicted molar refractivity (Wildman–Crippen MR) is 111 cm³/mol. The summed E-state index contributed by atoms with van der Waals surface area (Å²) in [6.45, 7) is 4.47. The smallest absolute Gasteiger partial charge is 0.307 e. The van der Waals surface area contributed by atoms with Crippen LogP contribution in [0.15, 0.2) is 52.7 Å². The van der Waals surface area contributed by atoms with E-state index in [4.69, 9.17) is 0 Å². The highest BCUT2D eigenvalue weighted by molar-refractivity contribution is 8.01. The van der Waals surface area contributed by atoms with Gasteiger partial charge < -0.3 is 5.11 Å². The number of carbonyl (C=O) groups is 1. The summed E-state index contributed by atoms with van der Waals surface area (Å²) < 4.78 is 1.22. The largest absolute Gasteiger partial charge is 0.481 e. The zero-order valence-corrected chi connectivity index (χ0v) is 16.6. The Kier molecular flexibility index (Phi) is 4.80. The molecule has 0 bridgehead atoms. The quantitative estimate of drug-likeness (QED) is 0.537. The summed E-state index contributed by atoms with van der Waals surface area (Å²) in [5, 5.41) is 12.1. The Morgan fingerprint density at radius 2 is 1.85 bits per heavy atom. The maximum Gasteiger partial charge on any atom is 0.307 e. The van der Waals surface area contributed by atoms with Crippen molar-refractivity contribution in [3.05, 3.63) is 54.1 Å². The Hall–Kier alpha value is -1.78. The van der Waals surface area contributed by atoms with Crippen LogP contribution in [0.3, 0.4) is 0 Å². The number of hydrogen-bond acceptors (Lipinski definition) is 3. The summed E-state index contributed by atoms with van der Waals surface area (Å²) in [5.41, 5.74) is 2.65. The maximum atomic E-state index is 11.2. The molecule has 1 aromatic heterocycles. The van der Waals surface area contributed by atoms with Crippen LogP contribution in [-0.4, -0.2) is 16.3 Å². The first kappa shape index (κ1) is 17.6. The van der Waals surface area contributed by atoms with Gasteiger partial charge in [-0.05, 0) is 52.8 Å². The zero-order valence-electron chi connectivity index (χ0n) is 14.9. The van der Waals surface area contributed by atoms with E-state index in [0.29, 0.717) is 5.92 Å². The topological polar surface area (TPSA) is 37.3 Å². The fraction of sp³-hybridized carbons (Fsp3) is 0.318. The second-order valence-electron chi connectivity index (χ2n) is 7.20. The van der Waals surface area contributed by atoms with Crippen LogP contribution < -0.4 is 0 Å². The van der Waals surface area contributed by atoms with Crippen LogP contribution in [-0.2, 0) is 4.79 Å². The first-order chi connectivity index (χ1) is 12.5. The van der Waals surface area contributed by atoms with Crippen molar-refractivity contribution in [2.45, 2.75) is 42.1 Å². The van der Waals surface area contributed by atoms with Crippen LogP contribution >= 0.6 is 23.1 Å². The average molecular weight is 383 g/mol. The van der Waals surface area contributed by atoms with Crippen LogP contribution in [0.25, 0.3) is 21.2 Å². The van der Waals surface area contributed by atoms with E-state index in [2.05, 4.69) is 62.4 Å². The fourth-order valence-electron chi connectivity index (χ4n) is 3.61. The van der Waals surface area contributed by atoms with Crippen LogP contribution in [0.5, 0.6) is 0 Å². The lowest BCUT2D eigenvalue weighted by molar-refractivity contribution is -0.144. The Labute approximate surface area is 162 Å². The van der Waals surface area contributed by atoms with E-state index in [-0.39, 0.29) is 11.2 Å². The third-order valence-corrected chi connectivity index (χ3v) is 7.91. The normalized spacial score (nSPS) is 19.7. The molecule has 0 radical (unpaired) electrons. The standard InChI is InChI=1S/C22H22O2S2/c1-13(2)14-7-8-17(16-6-4-3-5-15(14)16)19-11-12-21(25-19)26-20-10-9-18(20)22(23)24/h3-8,11-13,18,20H,9-10H2,1-2H3,(H,23,24). The Bertz CT molecular complexity index is 958. The van der Waals surface area contributed by atoms with Crippen molar-refractivity contribution in [3.63, 3.8) is 0 Å². The van der Waals surface area contributed by atoms with Gasteiger partial charge in [0, 0.05) is 10.1 Å². The molecular weight excluding hydrogens is 360 g/mol. The van der Waals surface area contributed by atoms with Gasteiger partial charge in [0.2, 0.25) is 0 Å². The SMILES string of the molecule is CC(C)c1ccc(-c2ccc(SC3CCC3C(=O)O)s2)c2ccccc12. The van der Waals surface area contributed by atoms with Crippen molar-refractivity contribution in [2.24, 2.45) is 5.92 Å². The van der Waals surface area contributed by atoms with Gasteiger partial charge >= 0.3 is 5.97 Å². The van der Waals surface area contributed by atoms with Gasteiger partial charge in [-0.15, -0.1) is 23.1 Å². The Morgan fingerprint density at radius 3 is 2.50 bits per heavy atom. The van der Waals surface area contributed by atoms with Crippen molar-refractivity contribution in [1.82, 2.24) is 0 Å². The third kappa shape index (κ3) is 3.17. The number of carboxylic acid groups (broad SMARTS) is 1. The van der Waals surface area contributed by atoms with E-state index in [9.17, 15) is 9.90 Å². The number of benzene rings is 2. The van der Waals surface area contributed by atoms with Crippen LogP contribution in [0.1, 0.15) is 38.2 Å². The molecule has 3 aromatic rings. The number of aliphatic carboxylic acids is 1. The zero-order chi connectivity index (χ0) is 18.3. The molecule has 1 saturated carbocycles. The van der Waals surface area contributed by atoms with Gasteiger partial charge in [0.05, 0.1) is 10.1 Å². The highest BCUT2D eigenvalue weighted by Crippen LogP contribution is 2.46. The lowest BCUT2D eigenvalue weighted by Crippen LogP contribution is -2.34. The molecule has 2 unspecified atom stereocenters. The molecule has 0 amide bonds. The van der Waals surface area contributed by atoms with E-state index >= 15 is 0 Å². The second kappa shape index (κ2) is 7.09. The summed E-state index contributed by atoms with van der Waals surface area (Å²) in [6, 6.07) is 17.4. The molecule has 2 aromatic carbocycles. The summed E-state index contributed by atoms with van der Waals surface area (Å²) in [7, 11) is 0. The van der Waals surface area contributed by atoms with E-state index in [1.807, 2.05) is 0 Å². The van der Waals surface area contributed by atoms with Crippen molar-refractivity contribution >= 4 is 39.8 Å². The highest BCUT2D eigenvalue weighted by Gasteiger charge is 2.37. The summed E-state index contributed by atoms with van der Waals surface area (Å²) >= 11 is 3.51. The van der Waals surface area contributed by atoms with Gasteiger partial charge in [0.1, 0.15) is 0 Å². The van der Waals surface area contributed by atoms with E-state index in [1.165, 1.54) is 31.0 Å². The summed E-state index contributed by atoms with van der Waals surface area (Å²) in [5.74, 6) is -0.340. The van der Waals surface area contributed by atoms with Crippen LogP contribution in [0.2, 0.25) is 0 Å². The number of thioether (sulfide) groups is 1. The number of hydrogen-bond donors (Lipinski definition) is 1. The summed E-state index contributed by atoms with van der Waals surface area (Å²) in [6.07, 6.45) is 1.81. The minimum absolute atomic E-state index is 0.184. The van der Waals surface area contributed by atoms with Crippen molar-refractivity contribution < 1.29 is 9.90 Å². The highest BCUT2D eigenvalue weighted by atomic mass is 32.2. The molecule has 2 nitrogen and oxygen atoms in total. The van der Waals surface area contributed by atoms with Gasteiger partial charge in [0.15, 0.2) is 0 Å². The van der Waals surface area contributed by atoms with E-state index in [1.54, 1.807) is 23.1 Å². The molecule has 4 heteroatoms. The molecule has 0 saturated heterocycles. The minimum Gasteiger partial charge on any atom is -0.481 e. The van der Waals surface area contributed by atoms with Crippen LogP contribution in [0, 0.1) is 5.92 Å². The number of carboxylic acids is 1. The lowest BCUT2D eigenvalue weighted by atomic mass is 9.85. The predicted octanol–water partition coefficient (Wildman–Crippen LogP) is 6.65. The molecule has 1 heterocycles. The molecule has 26 heavy (non-hydrogen) atoms.